The van der Waals surface area contributed by atoms with Crippen LogP contribution in [0.1, 0.15) is 43.9 Å². The summed E-state index contributed by atoms with van der Waals surface area (Å²) in [7, 11) is 0. The van der Waals surface area contributed by atoms with Gasteiger partial charge in [0.2, 0.25) is 0 Å². The third kappa shape index (κ3) is 3.65. The van der Waals surface area contributed by atoms with Gasteiger partial charge in [-0.1, -0.05) is 80.4 Å². The first-order valence-corrected chi connectivity index (χ1v) is 12.5. The fourth-order valence-corrected chi connectivity index (χ4v) is 4.68. The highest BCUT2D eigenvalue weighted by molar-refractivity contribution is 6.33. The summed E-state index contributed by atoms with van der Waals surface area (Å²) in [6, 6.07) is 15.3. The quantitative estimate of drug-likeness (QED) is 0.332. The van der Waals surface area contributed by atoms with E-state index in [1.807, 2.05) is 61.5 Å². The molecule has 0 saturated heterocycles. The van der Waals surface area contributed by atoms with Gasteiger partial charge in [-0.15, -0.1) is 19.9 Å². The molecular weight excluding hydrogens is 495 g/mol. The van der Waals surface area contributed by atoms with E-state index in [1.54, 1.807) is 9.26 Å². The molecule has 2 aromatic carbocycles. The average molecular weight is 517 g/mol. The Morgan fingerprint density at radius 1 is 0.889 bits per heavy atom. The van der Waals surface area contributed by atoms with Crippen molar-refractivity contribution in [1.29, 1.82) is 0 Å². The first kappa shape index (κ1) is 22.7. The van der Waals surface area contributed by atoms with Crippen molar-refractivity contribution in [2.75, 3.05) is 0 Å². The van der Waals surface area contributed by atoms with Gasteiger partial charge in [-0.2, -0.15) is 4.63 Å². The largest absolute Gasteiger partial charge is 0.275 e. The molecule has 4 heterocycles. The van der Waals surface area contributed by atoms with Crippen molar-refractivity contribution in [2.24, 2.45) is 0 Å². The van der Waals surface area contributed by atoms with Crippen molar-refractivity contribution in [2.45, 2.75) is 33.1 Å². The van der Waals surface area contributed by atoms with Crippen LogP contribution in [0.25, 0.3) is 39.9 Å². The number of aromatic amines is 1. The molecule has 0 aliphatic carbocycles. The van der Waals surface area contributed by atoms with Gasteiger partial charge in [0, 0.05) is 34.1 Å². The smallest absolute Gasteiger partial charge is 0.185 e. The van der Waals surface area contributed by atoms with Gasteiger partial charge in [0.15, 0.2) is 22.9 Å². The van der Waals surface area contributed by atoms with Crippen LogP contribution in [0.5, 0.6) is 0 Å². The van der Waals surface area contributed by atoms with E-state index in [1.165, 1.54) is 0 Å². The molecule has 0 spiro atoms. The Balaban J connectivity index is 1.72. The molecule has 180 valence electrons. The molecule has 0 fully saturated rings. The molecule has 0 radical (unpaired) electrons. The lowest BCUT2D eigenvalue weighted by Gasteiger charge is -2.03. The lowest BCUT2D eigenvalue weighted by Crippen LogP contribution is -2.05. The van der Waals surface area contributed by atoms with E-state index in [4.69, 9.17) is 38.3 Å². The second-order valence-electron chi connectivity index (χ2n) is 8.82. The summed E-state index contributed by atoms with van der Waals surface area (Å²) >= 11 is 13.2. The topological polar surface area (TPSA) is 89.1 Å². The lowest BCUT2D eigenvalue weighted by atomic mass is 10.0. The highest BCUT2D eigenvalue weighted by atomic mass is 35.5. The van der Waals surface area contributed by atoms with Gasteiger partial charge in [-0.05, 0) is 18.2 Å². The maximum atomic E-state index is 6.61. The number of halogens is 2. The van der Waals surface area contributed by atoms with Crippen molar-refractivity contribution in [1.82, 2.24) is 39.6 Å². The molecule has 1 N–H and O–H groups in total. The van der Waals surface area contributed by atoms with Gasteiger partial charge in [0.05, 0.1) is 15.9 Å². The minimum Gasteiger partial charge on any atom is -0.275 e. The van der Waals surface area contributed by atoms with Crippen molar-refractivity contribution in [3.8, 4) is 22.5 Å². The molecule has 0 bridgehead atoms. The molecule has 0 aliphatic heterocycles. The summed E-state index contributed by atoms with van der Waals surface area (Å²) in [5.41, 5.74) is 5.29. The van der Waals surface area contributed by atoms with Crippen LogP contribution in [0.4, 0.5) is 0 Å². The van der Waals surface area contributed by atoms with E-state index in [-0.39, 0.29) is 5.92 Å². The number of H-pyrrole nitrogens is 1. The zero-order valence-corrected chi connectivity index (χ0v) is 21.4. The maximum Gasteiger partial charge on any atom is 0.185 e. The molecule has 6 aromatic rings. The molecule has 0 amide bonds. The molecule has 10 heteroatoms. The van der Waals surface area contributed by atoms with Gasteiger partial charge in [-0.25, -0.2) is 9.97 Å². The Morgan fingerprint density at radius 3 is 2.25 bits per heavy atom. The first-order chi connectivity index (χ1) is 17.4. The third-order valence-corrected chi connectivity index (χ3v) is 6.73. The van der Waals surface area contributed by atoms with Gasteiger partial charge in [0.25, 0.3) is 0 Å². The van der Waals surface area contributed by atoms with Crippen LogP contribution < -0.4 is 5.22 Å². The molecule has 0 saturated carbocycles. The predicted octanol–water partition coefficient (Wildman–Crippen LogP) is 5.37. The van der Waals surface area contributed by atoms with Crippen molar-refractivity contribution in [3.05, 3.63) is 81.0 Å². The molecule has 8 nitrogen and oxygen atoms in total. The summed E-state index contributed by atoms with van der Waals surface area (Å²) in [6.45, 7) is 6.14. The number of fused-ring (bicyclic) bond motifs is 2. The number of aryl methyl sites for hydroxylation is 1. The zero-order chi connectivity index (χ0) is 25.0. The number of rotatable bonds is 5. The van der Waals surface area contributed by atoms with Crippen LogP contribution in [-0.2, 0) is 6.42 Å². The molecule has 36 heavy (non-hydrogen) atoms. The zero-order valence-electron chi connectivity index (χ0n) is 19.9. The van der Waals surface area contributed by atoms with Crippen LogP contribution >= 0.6 is 23.2 Å². The minimum absolute atomic E-state index is 0.157. The van der Waals surface area contributed by atoms with Crippen LogP contribution in [0.2, 0.25) is 10.0 Å². The Labute approximate surface area is 216 Å². The summed E-state index contributed by atoms with van der Waals surface area (Å²) in [6.07, 6.45) is 2.74. The number of hydrogen-bond acceptors (Lipinski definition) is 5. The summed E-state index contributed by atoms with van der Waals surface area (Å²) in [5, 5.41) is 19.4. The van der Waals surface area contributed by atoms with Gasteiger partial charge in [0.1, 0.15) is 5.69 Å². The number of nitrogens with one attached hydrogen (secondary N) is 1. The van der Waals surface area contributed by atoms with Crippen molar-refractivity contribution >= 4 is 40.6 Å². The molecule has 0 aliphatic rings. The van der Waals surface area contributed by atoms with Gasteiger partial charge < -0.3 is 0 Å². The highest BCUT2D eigenvalue weighted by Crippen LogP contribution is 2.32. The number of hydrogen-bond donors (Lipinski definition) is 1. The summed E-state index contributed by atoms with van der Waals surface area (Å²) in [4.78, 5) is 9.60. The fraction of sp³-hybridized carbons (Fsp3) is 0.192. The Bertz CT molecular complexity index is 1790. The molecule has 4 aromatic heterocycles. The number of benzene rings is 2. The summed E-state index contributed by atoms with van der Waals surface area (Å²) in [5.74, 6) is 1.62. The number of aromatic nitrogens is 8. The monoisotopic (exact) mass is 516 g/mol. The van der Waals surface area contributed by atoms with Crippen molar-refractivity contribution < 1.29 is 0 Å². The van der Waals surface area contributed by atoms with Crippen molar-refractivity contribution in [3.63, 3.8) is 0 Å². The standard InChI is InChI=1S/C26H22Cl2N8/c1-4-21-29-25-17(22(32-35(25)31-21)15-9-5-7-11-19(15)27)13-18-23(16-10-6-8-12-20(16)28)33-36-26(18)30-24(34-36)14(2)3/h5-14,32H,4H2,1-3H3. The van der Waals surface area contributed by atoms with E-state index in [0.29, 0.717) is 33.5 Å². The van der Waals surface area contributed by atoms with Crippen LogP contribution in [0, 0.1) is 0 Å². The van der Waals surface area contributed by atoms with Gasteiger partial charge in [-0.3, -0.25) is 5.10 Å². The second kappa shape index (κ2) is 8.72. The SMILES string of the molecule is CCc1nc2c(C=c3c(-c4ccccc4Cl)nn4nc(C(C)C)nc34)c(-c3ccccc3Cl)[nH]n2n1. The molecule has 6 rings (SSSR count). The van der Waals surface area contributed by atoms with E-state index in [2.05, 4.69) is 29.1 Å². The Morgan fingerprint density at radius 2 is 1.58 bits per heavy atom. The third-order valence-electron chi connectivity index (χ3n) is 6.07. The lowest BCUT2D eigenvalue weighted by molar-refractivity contribution is 0.731. The molecular formula is C26H22Cl2N8. The predicted molar refractivity (Wildman–Crippen MR) is 141 cm³/mol. The summed E-state index contributed by atoms with van der Waals surface area (Å²) < 4.78 is 3.27. The average Bonchev–Trinajstić information content (AvgIpc) is 3.60. The highest BCUT2D eigenvalue weighted by Gasteiger charge is 2.21. The normalized spacial score (nSPS) is 12.6. The van der Waals surface area contributed by atoms with E-state index < -0.39 is 0 Å². The Hall–Kier alpha value is -3.75. The van der Waals surface area contributed by atoms with E-state index >= 15 is 0 Å². The van der Waals surface area contributed by atoms with Crippen LogP contribution in [0.3, 0.4) is 0 Å². The second-order valence-corrected chi connectivity index (χ2v) is 9.64. The van der Waals surface area contributed by atoms with Crippen LogP contribution in [0.15, 0.2) is 48.5 Å². The minimum atomic E-state index is 0.157. The van der Waals surface area contributed by atoms with Crippen LogP contribution in [-0.4, -0.2) is 39.6 Å². The molecule has 0 unspecified atom stereocenters. The van der Waals surface area contributed by atoms with E-state index in [9.17, 15) is 0 Å². The molecule has 0 atom stereocenters. The fourth-order valence-electron chi connectivity index (χ4n) is 4.23. The maximum absolute atomic E-state index is 6.61. The van der Waals surface area contributed by atoms with E-state index in [0.717, 1.165) is 39.3 Å². The number of nitrogens with zero attached hydrogens (tertiary/aromatic N) is 7. The first-order valence-electron chi connectivity index (χ1n) is 11.7. The Kier molecular flexibility index (Phi) is 5.50. The van der Waals surface area contributed by atoms with Gasteiger partial charge >= 0.3 is 0 Å².